The zero-order valence-corrected chi connectivity index (χ0v) is 13.4. The number of sulfonamides is 1. The molecule has 0 spiro atoms. The van der Waals surface area contributed by atoms with Crippen LogP contribution in [0.3, 0.4) is 0 Å². The van der Waals surface area contributed by atoms with Crippen LogP contribution in [0.4, 0.5) is 5.82 Å². The molecule has 6 nitrogen and oxygen atoms in total. The molecule has 2 aromatic rings. The number of nitrogens with one attached hydrogen (secondary N) is 2. The van der Waals surface area contributed by atoms with Crippen molar-refractivity contribution in [2.45, 2.75) is 18.4 Å². The van der Waals surface area contributed by atoms with E-state index in [4.69, 9.17) is 4.42 Å². The lowest BCUT2D eigenvalue weighted by molar-refractivity contribution is 0.475. The van der Waals surface area contributed by atoms with Crippen LogP contribution < -0.4 is 10.0 Å². The van der Waals surface area contributed by atoms with Crippen LogP contribution in [0.15, 0.2) is 38.2 Å². The number of halogens is 1. The number of aryl methyl sites for hydroxylation is 1. The van der Waals surface area contributed by atoms with Crippen LogP contribution in [-0.2, 0) is 16.6 Å². The third-order valence-electron chi connectivity index (χ3n) is 2.58. The van der Waals surface area contributed by atoms with Gasteiger partial charge in [0.1, 0.15) is 22.2 Å². The molecule has 0 radical (unpaired) electrons. The molecule has 108 valence electrons. The van der Waals surface area contributed by atoms with E-state index in [1.54, 1.807) is 26.1 Å². The molecule has 0 saturated heterocycles. The van der Waals surface area contributed by atoms with E-state index in [0.29, 0.717) is 10.2 Å². The van der Waals surface area contributed by atoms with Crippen molar-refractivity contribution in [3.63, 3.8) is 0 Å². The molecule has 0 bridgehead atoms. The average Bonchev–Trinajstić information content (AvgIpc) is 2.82. The van der Waals surface area contributed by atoms with Gasteiger partial charge in [-0.3, -0.25) is 0 Å². The number of rotatable bonds is 5. The van der Waals surface area contributed by atoms with Gasteiger partial charge in [-0.25, -0.2) is 18.1 Å². The van der Waals surface area contributed by atoms with E-state index in [-0.39, 0.29) is 17.3 Å². The van der Waals surface area contributed by atoms with Crippen LogP contribution >= 0.6 is 15.9 Å². The molecule has 2 N–H and O–H groups in total. The summed E-state index contributed by atoms with van der Waals surface area (Å²) in [6.45, 7) is 1.89. The summed E-state index contributed by atoms with van der Waals surface area (Å²) in [6.07, 6.45) is 1.53. The van der Waals surface area contributed by atoms with Crippen molar-refractivity contribution in [1.29, 1.82) is 0 Å². The van der Waals surface area contributed by atoms with Gasteiger partial charge in [-0.15, -0.1) is 0 Å². The molecule has 0 saturated carbocycles. The van der Waals surface area contributed by atoms with Gasteiger partial charge in [0.15, 0.2) is 0 Å². The van der Waals surface area contributed by atoms with E-state index >= 15 is 0 Å². The second kappa shape index (κ2) is 5.94. The number of furan rings is 1. The molecule has 0 fully saturated rings. The molecule has 2 rings (SSSR count). The summed E-state index contributed by atoms with van der Waals surface area (Å²) < 4.78 is 33.0. The number of pyridine rings is 1. The first kappa shape index (κ1) is 15.0. The standard InChI is InChI=1S/C12H14BrN3O3S/c1-8-3-4-10(19-8)7-16-20(17,18)11-5-9(13)6-15-12(11)14-2/h3-6,16H,7H2,1-2H3,(H,14,15). The van der Waals surface area contributed by atoms with E-state index in [1.165, 1.54) is 12.3 Å². The Hall–Kier alpha value is -1.38. The topological polar surface area (TPSA) is 84.2 Å². The predicted octanol–water partition coefficient (Wildman–Crippen LogP) is 2.27. The molecule has 0 aliphatic heterocycles. The molecule has 0 aliphatic carbocycles. The largest absolute Gasteiger partial charge is 0.465 e. The van der Waals surface area contributed by atoms with E-state index in [1.807, 2.05) is 0 Å². The average molecular weight is 360 g/mol. The van der Waals surface area contributed by atoms with Crippen molar-refractivity contribution in [2.24, 2.45) is 0 Å². The van der Waals surface area contributed by atoms with Crippen LogP contribution in [0.1, 0.15) is 11.5 Å². The zero-order valence-electron chi connectivity index (χ0n) is 11.0. The summed E-state index contributed by atoms with van der Waals surface area (Å²) in [7, 11) is -2.06. The molecule has 2 aromatic heterocycles. The normalized spacial score (nSPS) is 11.6. The minimum absolute atomic E-state index is 0.0812. The predicted molar refractivity (Wildman–Crippen MR) is 79.0 cm³/mol. The van der Waals surface area contributed by atoms with Crippen molar-refractivity contribution in [3.05, 3.63) is 40.4 Å². The molecule has 0 unspecified atom stereocenters. The fourth-order valence-corrected chi connectivity index (χ4v) is 3.30. The van der Waals surface area contributed by atoms with Gasteiger partial charge in [-0.2, -0.15) is 0 Å². The van der Waals surface area contributed by atoms with Gasteiger partial charge in [0.05, 0.1) is 6.54 Å². The molecule has 2 heterocycles. The van der Waals surface area contributed by atoms with Gasteiger partial charge >= 0.3 is 0 Å². The Morgan fingerprint density at radius 3 is 2.75 bits per heavy atom. The maximum atomic E-state index is 12.3. The maximum absolute atomic E-state index is 12.3. The number of aromatic nitrogens is 1. The zero-order chi connectivity index (χ0) is 14.8. The Balaban J connectivity index is 2.24. The smallest absolute Gasteiger partial charge is 0.244 e. The van der Waals surface area contributed by atoms with Gasteiger partial charge in [0, 0.05) is 17.7 Å². The number of hydrogen-bond donors (Lipinski definition) is 2. The van der Waals surface area contributed by atoms with Crippen LogP contribution in [0.5, 0.6) is 0 Å². The van der Waals surface area contributed by atoms with Crippen LogP contribution in [0, 0.1) is 6.92 Å². The van der Waals surface area contributed by atoms with Crippen molar-refractivity contribution < 1.29 is 12.8 Å². The summed E-state index contributed by atoms with van der Waals surface area (Å²) in [5.41, 5.74) is 0. The highest BCUT2D eigenvalue weighted by atomic mass is 79.9. The number of nitrogens with zero attached hydrogens (tertiary/aromatic N) is 1. The first-order valence-corrected chi connectivity index (χ1v) is 8.08. The molecule has 0 amide bonds. The van der Waals surface area contributed by atoms with Gasteiger partial charge in [0.2, 0.25) is 10.0 Å². The summed E-state index contributed by atoms with van der Waals surface area (Å²) in [5.74, 6) is 1.58. The van der Waals surface area contributed by atoms with Crippen molar-refractivity contribution in [3.8, 4) is 0 Å². The van der Waals surface area contributed by atoms with Crippen LogP contribution in [-0.4, -0.2) is 20.4 Å². The highest BCUT2D eigenvalue weighted by molar-refractivity contribution is 9.10. The minimum Gasteiger partial charge on any atom is -0.465 e. The fourth-order valence-electron chi connectivity index (χ4n) is 1.64. The van der Waals surface area contributed by atoms with Crippen molar-refractivity contribution in [1.82, 2.24) is 9.71 Å². The van der Waals surface area contributed by atoms with Gasteiger partial charge < -0.3 is 9.73 Å². The van der Waals surface area contributed by atoms with Gasteiger partial charge in [-0.05, 0) is 41.1 Å². The minimum atomic E-state index is -3.68. The van der Waals surface area contributed by atoms with Crippen molar-refractivity contribution >= 4 is 31.8 Å². The molecule has 0 aromatic carbocycles. The van der Waals surface area contributed by atoms with Gasteiger partial charge in [0.25, 0.3) is 0 Å². The monoisotopic (exact) mass is 359 g/mol. The Labute approximate surface area is 125 Å². The fraction of sp³-hybridized carbons (Fsp3) is 0.250. The van der Waals surface area contributed by atoms with E-state index < -0.39 is 10.0 Å². The lowest BCUT2D eigenvalue weighted by Gasteiger charge is -2.10. The van der Waals surface area contributed by atoms with Crippen LogP contribution in [0.2, 0.25) is 0 Å². The van der Waals surface area contributed by atoms with E-state index in [9.17, 15) is 8.42 Å². The highest BCUT2D eigenvalue weighted by Crippen LogP contribution is 2.22. The SMILES string of the molecule is CNc1ncc(Br)cc1S(=O)(=O)NCc1ccc(C)o1. The lowest BCUT2D eigenvalue weighted by Crippen LogP contribution is -2.24. The Bertz CT molecular complexity index is 712. The molecule has 0 aliphatic rings. The summed E-state index contributed by atoms with van der Waals surface area (Å²) in [6, 6.07) is 5.01. The van der Waals surface area contributed by atoms with E-state index in [0.717, 1.165) is 5.76 Å². The molecular formula is C12H14BrN3O3S. The Morgan fingerprint density at radius 2 is 2.15 bits per heavy atom. The number of hydrogen-bond acceptors (Lipinski definition) is 5. The third-order valence-corrected chi connectivity index (χ3v) is 4.43. The lowest BCUT2D eigenvalue weighted by atomic mass is 10.4. The molecule has 8 heteroatoms. The second-order valence-electron chi connectivity index (χ2n) is 4.09. The Morgan fingerprint density at radius 1 is 1.40 bits per heavy atom. The third kappa shape index (κ3) is 3.38. The van der Waals surface area contributed by atoms with E-state index in [2.05, 4.69) is 31.0 Å². The summed E-state index contributed by atoms with van der Waals surface area (Å²) >= 11 is 3.22. The summed E-state index contributed by atoms with van der Waals surface area (Å²) in [5, 5.41) is 2.76. The molecular weight excluding hydrogens is 346 g/mol. The summed E-state index contributed by atoms with van der Waals surface area (Å²) in [4.78, 5) is 4.10. The first-order chi connectivity index (χ1) is 9.42. The Kier molecular flexibility index (Phi) is 4.46. The van der Waals surface area contributed by atoms with Crippen LogP contribution in [0.25, 0.3) is 0 Å². The maximum Gasteiger partial charge on any atom is 0.244 e. The van der Waals surface area contributed by atoms with Crippen molar-refractivity contribution in [2.75, 3.05) is 12.4 Å². The van der Waals surface area contributed by atoms with Gasteiger partial charge in [-0.1, -0.05) is 0 Å². The molecule has 20 heavy (non-hydrogen) atoms. The molecule has 0 atom stereocenters. The first-order valence-electron chi connectivity index (χ1n) is 5.80. The second-order valence-corrected chi connectivity index (χ2v) is 6.74. The quantitative estimate of drug-likeness (QED) is 0.855. The highest BCUT2D eigenvalue weighted by Gasteiger charge is 2.20. The number of anilines is 1.